The van der Waals surface area contributed by atoms with Crippen molar-refractivity contribution in [2.75, 3.05) is 20.3 Å². The second-order valence-electron chi connectivity index (χ2n) is 6.13. The number of nitrogens with one attached hydrogen (secondary N) is 1. The maximum absolute atomic E-state index is 13.4. The van der Waals surface area contributed by atoms with Crippen LogP contribution in [0.4, 0.5) is 4.39 Å². The van der Waals surface area contributed by atoms with Crippen molar-refractivity contribution >= 4 is 12.1 Å². The van der Waals surface area contributed by atoms with E-state index >= 15 is 0 Å². The fraction of sp³-hybridized carbons (Fsp3) is 0.300. The summed E-state index contributed by atoms with van der Waals surface area (Å²) in [5.74, 6) is 0.606. The molecule has 0 spiro atoms. The van der Waals surface area contributed by atoms with Crippen LogP contribution in [0.15, 0.2) is 47.6 Å². The Kier molecular flexibility index (Phi) is 7.61. The molecule has 0 atom stereocenters. The number of carbonyl (C=O) groups excluding carboxylic acids is 1. The van der Waals surface area contributed by atoms with Gasteiger partial charge >= 0.3 is 0 Å². The lowest BCUT2D eigenvalue weighted by molar-refractivity contribution is -0.123. The van der Waals surface area contributed by atoms with Gasteiger partial charge in [-0.3, -0.25) is 4.79 Å². The molecular weight excluding hydrogens is 351 g/mol. The van der Waals surface area contributed by atoms with Crippen LogP contribution in [0.3, 0.4) is 0 Å². The predicted molar refractivity (Wildman–Crippen MR) is 101 cm³/mol. The molecule has 7 heteroatoms. The maximum atomic E-state index is 13.4. The van der Waals surface area contributed by atoms with Gasteiger partial charge in [0.25, 0.3) is 5.91 Å². The standard InChI is InChI=1S/C20H23FN2O4/c1-14(2)12-26-18-9-8-15(10-19(18)25-3)11-22-23-20(24)13-27-17-7-5-4-6-16(17)21/h4-11,14H,12-13H2,1-3H3,(H,23,24)/b22-11-. The highest BCUT2D eigenvalue weighted by molar-refractivity contribution is 5.83. The van der Waals surface area contributed by atoms with Gasteiger partial charge < -0.3 is 14.2 Å². The minimum Gasteiger partial charge on any atom is -0.493 e. The Morgan fingerprint density at radius 1 is 1.15 bits per heavy atom. The van der Waals surface area contributed by atoms with Crippen LogP contribution in [-0.2, 0) is 4.79 Å². The quantitative estimate of drug-likeness (QED) is 0.540. The average Bonchev–Trinajstić information content (AvgIpc) is 2.66. The summed E-state index contributed by atoms with van der Waals surface area (Å²) in [7, 11) is 1.56. The summed E-state index contributed by atoms with van der Waals surface area (Å²) < 4.78 is 29.5. The number of halogens is 1. The molecule has 2 aromatic rings. The van der Waals surface area contributed by atoms with E-state index in [2.05, 4.69) is 24.4 Å². The van der Waals surface area contributed by atoms with Gasteiger partial charge in [0.15, 0.2) is 29.7 Å². The minimum atomic E-state index is -0.527. The summed E-state index contributed by atoms with van der Waals surface area (Å²) in [4.78, 5) is 11.7. The molecule has 0 saturated heterocycles. The lowest BCUT2D eigenvalue weighted by Crippen LogP contribution is -2.24. The van der Waals surface area contributed by atoms with Crippen molar-refractivity contribution in [2.24, 2.45) is 11.0 Å². The van der Waals surface area contributed by atoms with Gasteiger partial charge in [-0.2, -0.15) is 5.10 Å². The number of hydrazone groups is 1. The maximum Gasteiger partial charge on any atom is 0.277 e. The summed E-state index contributed by atoms with van der Waals surface area (Å²) >= 11 is 0. The SMILES string of the molecule is COc1cc(/C=N\NC(=O)COc2ccccc2F)ccc1OCC(C)C. The predicted octanol–water partition coefficient (Wildman–Crippen LogP) is 3.40. The number of ether oxygens (including phenoxy) is 3. The van der Waals surface area contributed by atoms with Crippen molar-refractivity contribution in [1.29, 1.82) is 0 Å². The van der Waals surface area contributed by atoms with E-state index in [4.69, 9.17) is 14.2 Å². The minimum absolute atomic E-state index is 0.0124. The highest BCUT2D eigenvalue weighted by atomic mass is 19.1. The molecule has 144 valence electrons. The Morgan fingerprint density at radius 3 is 2.63 bits per heavy atom. The van der Waals surface area contributed by atoms with Gasteiger partial charge in [0.2, 0.25) is 0 Å². The molecule has 2 rings (SSSR count). The van der Waals surface area contributed by atoms with Crippen molar-refractivity contribution in [3.63, 3.8) is 0 Å². The fourth-order valence-corrected chi connectivity index (χ4v) is 2.06. The van der Waals surface area contributed by atoms with Gasteiger partial charge in [0.05, 0.1) is 19.9 Å². The van der Waals surface area contributed by atoms with E-state index in [1.807, 2.05) is 0 Å². The fourth-order valence-electron chi connectivity index (χ4n) is 2.06. The van der Waals surface area contributed by atoms with Crippen LogP contribution < -0.4 is 19.6 Å². The highest BCUT2D eigenvalue weighted by Gasteiger charge is 2.07. The van der Waals surface area contributed by atoms with Crippen LogP contribution in [0, 0.1) is 11.7 Å². The molecule has 2 aromatic carbocycles. The van der Waals surface area contributed by atoms with Gasteiger partial charge in [-0.25, -0.2) is 9.82 Å². The normalized spacial score (nSPS) is 10.9. The molecule has 0 unspecified atom stereocenters. The third kappa shape index (κ3) is 6.62. The number of carbonyl (C=O) groups is 1. The molecule has 0 radical (unpaired) electrons. The van der Waals surface area contributed by atoms with Gasteiger partial charge in [-0.1, -0.05) is 26.0 Å². The first-order chi connectivity index (χ1) is 13.0. The molecule has 1 amide bonds. The van der Waals surface area contributed by atoms with Gasteiger partial charge in [-0.15, -0.1) is 0 Å². The Hall–Kier alpha value is -3.09. The largest absolute Gasteiger partial charge is 0.493 e. The first-order valence-electron chi connectivity index (χ1n) is 8.49. The highest BCUT2D eigenvalue weighted by Crippen LogP contribution is 2.27. The van der Waals surface area contributed by atoms with E-state index in [0.29, 0.717) is 24.0 Å². The zero-order valence-electron chi connectivity index (χ0n) is 15.6. The molecule has 1 N–H and O–H groups in total. The molecule has 0 bridgehead atoms. The molecule has 6 nitrogen and oxygen atoms in total. The number of hydrogen-bond acceptors (Lipinski definition) is 5. The van der Waals surface area contributed by atoms with E-state index in [-0.39, 0.29) is 12.4 Å². The number of benzene rings is 2. The summed E-state index contributed by atoms with van der Waals surface area (Å²) in [5, 5.41) is 3.86. The Morgan fingerprint density at radius 2 is 1.93 bits per heavy atom. The number of amides is 1. The number of rotatable bonds is 9. The topological polar surface area (TPSA) is 69.2 Å². The van der Waals surface area contributed by atoms with Gasteiger partial charge in [0, 0.05) is 0 Å². The molecule has 0 heterocycles. The molecular formula is C20H23FN2O4. The molecule has 0 aromatic heterocycles. The lowest BCUT2D eigenvalue weighted by Gasteiger charge is -2.12. The smallest absolute Gasteiger partial charge is 0.277 e. The van der Waals surface area contributed by atoms with Gasteiger partial charge in [0.1, 0.15) is 0 Å². The van der Waals surface area contributed by atoms with Crippen molar-refractivity contribution in [3.8, 4) is 17.2 Å². The van der Waals surface area contributed by atoms with E-state index in [0.717, 1.165) is 5.56 Å². The monoisotopic (exact) mass is 374 g/mol. The third-order valence-corrected chi connectivity index (χ3v) is 3.36. The average molecular weight is 374 g/mol. The van der Waals surface area contributed by atoms with E-state index < -0.39 is 11.7 Å². The van der Waals surface area contributed by atoms with Crippen molar-refractivity contribution in [2.45, 2.75) is 13.8 Å². The summed E-state index contributed by atoms with van der Waals surface area (Å²) in [6.07, 6.45) is 1.47. The van der Waals surface area contributed by atoms with E-state index in [1.165, 1.54) is 18.3 Å². The first kappa shape index (κ1) is 20.2. The molecule has 0 aliphatic carbocycles. The molecule has 0 fully saturated rings. The summed E-state index contributed by atoms with van der Waals surface area (Å²) in [5.41, 5.74) is 3.05. The van der Waals surface area contributed by atoms with E-state index in [1.54, 1.807) is 37.4 Å². The zero-order valence-corrected chi connectivity index (χ0v) is 15.6. The second-order valence-corrected chi connectivity index (χ2v) is 6.13. The molecule has 0 aliphatic rings. The van der Waals surface area contributed by atoms with Crippen LogP contribution >= 0.6 is 0 Å². The lowest BCUT2D eigenvalue weighted by atomic mass is 10.2. The Bertz CT molecular complexity index is 793. The second kappa shape index (κ2) is 10.2. The molecule has 0 aliphatic heterocycles. The van der Waals surface area contributed by atoms with Crippen LogP contribution in [0.5, 0.6) is 17.2 Å². The van der Waals surface area contributed by atoms with Crippen molar-refractivity contribution in [1.82, 2.24) is 5.43 Å². The van der Waals surface area contributed by atoms with Crippen molar-refractivity contribution < 1.29 is 23.4 Å². The number of methoxy groups -OCH3 is 1. The van der Waals surface area contributed by atoms with Crippen LogP contribution in [0.25, 0.3) is 0 Å². The number of hydrogen-bond donors (Lipinski definition) is 1. The zero-order chi connectivity index (χ0) is 19.6. The number of nitrogens with zero attached hydrogens (tertiary/aromatic N) is 1. The molecule has 27 heavy (non-hydrogen) atoms. The molecule has 0 saturated carbocycles. The van der Waals surface area contributed by atoms with Crippen LogP contribution in [-0.4, -0.2) is 32.4 Å². The Labute approximate surface area is 157 Å². The van der Waals surface area contributed by atoms with E-state index in [9.17, 15) is 9.18 Å². The van der Waals surface area contributed by atoms with Crippen molar-refractivity contribution in [3.05, 3.63) is 53.8 Å². The van der Waals surface area contributed by atoms with Crippen LogP contribution in [0.2, 0.25) is 0 Å². The summed E-state index contributed by atoms with van der Waals surface area (Å²) in [6.45, 7) is 4.36. The van der Waals surface area contributed by atoms with Crippen LogP contribution in [0.1, 0.15) is 19.4 Å². The number of para-hydroxylation sites is 1. The Balaban J connectivity index is 1.87. The third-order valence-electron chi connectivity index (χ3n) is 3.36. The van der Waals surface area contributed by atoms with Gasteiger partial charge in [-0.05, 0) is 41.8 Å². The summed E-state index contributed by atoms with van der Waals surface area (Å²) in [6, 6.07) is 11.2. The first-order valence-corrected chi connectivity index (χ1v) is 8.49.